The van der Waals surface area contributed by atoms with Gasteiger partial charge in [0, 0.05) is 12.6 Å². The van der Waals surface area contributed by atoms with Crippen LogP contribution in [-0.4, -0.2) is 58.0 Å². The summed E-state index contributed by atoms with van der Waals surface area (Å²) in [5, 5.41) is 27.8. The molecule has 1 rings (SSSR count). The molecule has 3 atom stereocenters. The van der Waals surface area contributed by atoms with E-state index in [4.69, 9.17) is 5.11 Å². The summed E-state index contributed by atoms with van der Waals surface area (Å²) in [5.74, 6) is -0.995. The quantitative estimate of drug-likeness (QED) is 0.623. The lowest BCUT2D eigenvalue weighted by Gasteiger charge is -2.36. The van der Waals surface area contributed by atoms with Crippen LogP contribution in [0.2, 0.25) is 0 Å². The Morgan fingerprint density at radius 1 is 1.44 bits per heavy atom. The van der Waals surface area contributed by atoms with Crippen molar-refractivity contribution in [1.82, 2.24) is 4.90 Å². The van der Waals surface area contributed by atoms with Gasteiger partial charge in [0.25, 0.3) is 0 Å². The smallest absolute Gasteiger partial charge is 0.306 e. The van der Waals surface area contributed by atoms with E-state index in [-0.39, 0.29) is 18.6 Å². The summed E-state index contributed by atoms with van der Waals surface area (Å²) in [5.41, 5.74) is 0. The topological polar surface area (TPSA) is 81.0 Å². The number of rotatable bonds is 5. The van der Waals surface area contributed by atoms with Crippen molar-refractivity contribution in [3.63, 3.8) is 0 Å². The molecule has 5 nitrogen and oxygen atoms in total. The van der Waals surface area contributed by atoms with Gasteiger partial charge in [-0.05, 0) is 19.9 Å². The number of nitrogens with zero attached hydrogens (tertiary/aromatic N) is 1. The van der Waals surface area contributed by atoms with Gasteiger partial charge in [0.05, 0.1) is 18.6 Å². The van der Waals surface area contributed by atoms with E-state index in [1.54, 1.807) is 0 Å². The Kier molecular flexibility index (Phi) is 5.18. The van der Waals surface area contributed by atoms with Gasteiger partial charge < -0.3 is 15.3 Å². The largest absolute Gasteiger partial charge is 0.481 e. The van der Waals surface area contributed by atoms with Crippen LogP contribution >= 0.6 is 0 Å². The van der Waals surface area contributed by atoms with Gasteiger partial charge in [0.2, 0.25) is 0 Å². The van der Waals surface area contributed by atoms with Crippen molar-refractivity contribution in [2.75, 3.05) is 13.6 Å². The lowest BCUT2D eigenvalue weighted by atomic mass is 9.91. The SMILES string of the molecule is CN(CC(O)CC(=O)O)C1CCCCC1O. The van der Waals surface area contributed by atoms with E-state index in [0.29, 0.717) is 6.54 Å². The molecule has 1 aliphatic carbocycles. The van der Waals surface area contributed by atoms with Gasteiger partial charge in [-0.15, -0.1) is 0 Å². The number of carboxylic acid groups (broad SMARTS) is 1. The standard InChI is InChI=1S/C11H21NO4/c1-12(7-8(13)6-11(15)16)9-4-2-3-5-10(9)14/h8-10,13-14H,2-7H2,1H3,(H,15,16). The van der Waals surface area contributed by atoms with Crippen LogP contribution in [0.25, 0.3) is 0 Å². The highest BCUT2D eigenvalue weighted by Gasteiger charge is 2.27. The van der Waals surface area contributed by atoms with E-state index in [1.165, 1.54) is 0 Å². The number of carbonyl (C=O) groups is 1. The third-order valence-electron chi connectivity index (χ3n) is 3.17. The van der Waals surface area contributed by atoms with Crippen molar-refractivity contribution >= 4 is 5.97 Å². The number of aliphatic hydroxyl groups is 2. The van der Waals surface area contributed by atoms with Crippen LogP contribution in [0, 0.1) is 0 Å². The van der Waals surface area contributed by atoms with E-state index in [1.807, 2.05) is 11.9 Å². The lowest BCUT2D eigenvalue weighted by molar-refractivity contribution is -0.139. The molecule has 0 bridgehead atoms. The highest BCUT2D eigenvalue weighted by molar-refractivity contribution is 5.67. The summed E-state index contributed by atoms with van der Waals surface area (Å²) in [7, 11) is 1.82. The van der Waals surface area contributed by atoms with Crippen LogP contribution in [0.5, 0.6) is 0 Å². The van der Waals surface area contributed by atoms with E-state index in [0.717, 1.165) is 25.7 Å². The molecule has 0 heterocycles. The first-order chi connectivity index (χ1) is 7.50. The molecule has 0 aliphatic heterocycles. The molecule has 5 heteroatoms. The Morgan fingerprint density at radius 3 is 2.62 bits per heavy atom. The summed E-state index contributed by atoms with van der Waals surface area (Å²) in [6, 6.07) is 0.0530. The Bertz CT molecular complexity index is 234. The predicted molar refractivity (Wildman–Crippen MR) is 59.2 cm³/mol. The molecule has 1 saturated carbocycles. The summed E-state index contributed by atoms with van der Waals surface area (Å²) in [6.07, 6.45) is 2.38. The lowest BCUT2D eigenvalue weighted by Crippen LogP contribution is -2.46. The molecule has 94 valence electrons. The molecule has 3 unspecified atom stereocenters. The van der Waals surface area contributed by atoms with Gasteiger partial charge >= 0.3 is 5.97 Å². The molecule has 0 aromatic rings. The first-order valence-corrected chi connectivity index (χ1v) is 5.79. The number of aliphatic hydroxyl groups excluding tert-OH is 2. The predicted octanol–water partition coefficient (Wildman–Crippen LogP) is 0.0573. The van der Waals surface area contributed by atoms with Crippen molar-refractivity contribution in [1.29, 1.82) is 0 Å². The number of aliphatic carboxylic acids is 1. The molecule has 16 heavy (non-hydrogen) atoms. The molecule has 0 aromatic carbocycles. The first kappa shape index (κ1) is 13.4. The summed E-state index contributed by atoms with van der Waals surface area (Å²) in [6.45, 7) is 0.300. The van der Waals surface area contributed by atoms with Gasteiger partial charge in [0.1, 0.15) is 0 Å². The fraction of sp³-hybridized carbons (Fsp3) is 0.909. The highest BCUT2D eigenvalue weighted by Crippen LogP contribution is 2.22. The van der Waals surface area contributed by atoms with Crippen molar-refractivity contribution in [3.05, 3.63) is 0 Å². The highest BCUT2D eigenvalue weighted by atomic mass is 16.4. The number of carboxylic acids is 1. The van der Waals surface area contributed by atoms with Gasteiger partial charge in [-0.25, -0.2) is 0 Å². The molecule has 0 spiro atoms. The van der Waals surface area contributed by atoms with E-state index in [9.17, 15) is 15.0 Å². The minimum absolute atomic E-state index is 0.0530. The molecule has 1 aliphatic rings. The van der Waals surface area contributed by atoms with Gasteiger partial charge in [-0.1, -0.05) is 12.8 Å². The molecule has 1 fully saturated rings. The van der Waals surface area contributed by atoms with Crippen LogP contribution in [0.4, 0.5) is 0 Å². The molecule has 0 amide bonds. The number of hydrogen-bond donors (Lipinski definition) is 3. The van der Waals surface area contributed by atoms with Crippen LogP contribution in [0.1, 0.15) is 32.1 Å². The Hall–Kier alpha value is -0.650. The zero-order chi connectivity index (χ0) is 12.1. The van der Waals surface area contributed by atoms with Gasteiger partial charge in [0.15, 0.2) is 0 Å². The summed E-state index contributed by atoms with van der Waals surface area (Å²) in [4.78, 5) is 12.3. The Balaban J connectivity index is 2.37. The number of likely N-dealkylation sites (N-methyl/N-ethyl adjacent to an activating group) is 1. The van der Waals surface area contributed by atoms with Crippen LogP contribution in [0.3, 0.4) is 0 Å². The molecule has 0 saturated heterocycles. The van der Waals surface area contributed by atoms with Crippen molar-refractivity contribution < 1.29 is 20.1 Å². The molecular weight excluding hydrogens is 210 g/mol. The van der Waals surface area contributed by atoms with Crippen molar-refractivity contribution in [2.45, 2.75) is 50.4 Å². The zero-order valence-electron chi connectivity index (χ0n) is 9.67. The second-order valence-corrected chi connectivity index (χ2v) is 4.61. The normalized spacial score (nSPS) is 28.0. The zero-order valence-corrected chi connectivity index (χ0v) is 9.67. The minimum Gasteiger partial charge on any atom is -0.481 e. The summed E-state index contributed by atoms with van der Waals surface area (Å²) >= 11 is 0. The second kappa shape index (κ2) is 6.18. The van der Waals surface area contributed by atoms with E-state index < -0.39 is 12.1 Å². The van der Waals surface area contributed by atoms with E-state index >= 15 is 0 Å². The van der Waals surface area contributed by atoms with Crippen LogP contribution in [0.15, 0.2) is 0 Å². The van der Waals surface area contributed by atoms with Crippen molar-refractivity contribution in [3.8, 4) is 0 Å². The Labute approximate surface area is 95.7 Å². The second-order valence-electron chi connectivity index (χ2n) is 4.61. The third kappa shape index (κ3) is 4.08. The number of hydrogen-bond acceptors (Lipinski definition) is 4. The maximum atomic E-state index is 10.4. The van der Waals surface area contributed by atoms with Gasteiger partial charge in [-0.3, -0.25) is 9.69 Å². The average molecular weight is 231 g/mol. The first-order valence-electron chi connectivity index (χ1n) is 5.79. The monoisotopic (exact) mass is 231 g/mol. The van der Waals surface area contributed by atoms with Crippen molar-refractivity contribution in [2.24, 2.45) is 0 Å². The summed E-state index contributed by atoms with van der Waals surface area (Å²) < 4.78 is 0. The minimum atomic E-state index is -0.995. The Morgan fingerprint density at radius 2 is 2.06 bits per heavy atom. The van der Waals surface area contributed by atoms with Crippen LogP contribution < -0.4 is 0 Å². The molecule has 0 radical (unpaired) electrons. The fourth-order valence-corrected chi connectivity index (χ4v) is 2.34. The third-order valence-corrected chi connectivity index (χ3v) is 3.17. The van der Waals surface area contributed by atoms with E-state index in [2.05, 4.69) is 0 Å². The van der Waals surface area contributed by atoms with Crippen LogP contribution in [-0.2, 0) is 4.79 Å². The molecule has 0 aromatic heterocycles. The maximum absolute atomic E-state index is 10.4. The average Bonchev–Trinajstić information content (AvgIpc) is 2.16. The molecular formula is C11H21NO4. The van der Waals surface area contributed by atoms with Gasteiger partial charge in [-0.2, -0.15) is 0 Å². The molecule has 3 N–H and O–H groups in total. The maximum Gasteiger partial charge on any atom is 0.306 e. The fourth-order valence-electron chi connectivity index (χ4n) is 2.34.